The lowest BCUT2D eigenvalue weighted by Gasteiger charge is -2.13. The molecule has 1 heterocycles. The number of carbonyl (C=O) groups is 4. The zero-order valence-corrected chi connectivity index (χ0v) is 12.4. The third-order valence-corrected chi connectivity index (χ3v) is 3.24. The van der Waals surface area contributed by atoms with Crippen molar-refractivity contribution in [2.45, 2.75) is 45.4 Å². The van der Waals surface area contributed by atoms with E-state index >= 15 is 0 Å². The van der Waals surface area contributed by atoms with Crippen molar-refractivity contribution in [3.63, 3.8) is 0 Å². The van der Waals surface area contributed by atoms with Crippen molar-refractivity contribution in [3.05, 3.63) is 12.2 Å². The van der Waals surface area contributed by atoms with Crippen molar-refractivity contribution in [2.24, 2.45) is 0 Å². The Morgan fingerprint density at radius 1 is 1.00 bits per heavy atom. The van der Waals surface area contributed by atoms with Crippen LogP contribution in [0.3, 0.4) is 0 Å². The summed E-state index contributed by atoms with van der Waals surface area (Å²) in [5, 5.41) is 2.76. The van der Waals surface area contributed by atoms with E-state index in [2.05, 4.69) is 5.32 Å². The first-order valence-corrected chi connectivity index (χ1v) is 7.30. The molecule has 0 fully saturated rings. The van der Waals surface area contributed by atoms with Gasteiger partial charge in [0.2, 0.25) is 5.91 Å². The van der Waals surface area contributed by atoms with Crippen LogP contribution >= 0.6 is 0 Å². The molecule has 0 saturated carbocycles. The third-order valence-electron chi connectivity index (χ3n) is 3.24. The number of imide groups is 1. The van der Waals surface area contributed by atoms with E-state index in [9.17, 15) is 19.2 Å². The molecule has 1 aliphatic rings. The molecule has 21 heavy (non-hydrogen) atoms. The Balaban J connectivity index is 2.00. The molecule has 116 valence electrons. The van der Waals surface area contributed by atoms with Crippen LogP contribution in [0.1, 0.15) is 45.4 Å². The largest absolute Gasteiger partial charge is 0.356 e. The van der Waals surface area contributed by atoms with Crippen LogP contribution in [0.5, 0.6) is 0 Å². The topological polar surface area (TPSA) is 83.6 Å². The third kappa shape index (κ3) is 6.83. The number of rotatable bonds is 10. The standard InChI is InChI=1S/C15H22N2O4/c1-12(18)6-4-2-3-5-10-16-13(19)9-11-17-14(20)7-8-15(17)21/h7-8H,2-6,9-11H2,1H3,(H,16,19). The molecule has 6 heteroatoms. The summed E-state index contributed by atoms with van der Waals surface area (Å²) >= 11 is 0. The zero-order chi connectivity index (χ0) is 15.7. The molecule has 1 aliphatic heterocycles. The van der Waals surface area contributed by atoms with Gasteiger partial charge in [0.05, 0.1) is 0 Å². The first-order valence-electron chi connectivity index (χ1n) is 7.30. The number of nitrogens with one attached hydrogen (secondary N) is 1. The van der Waals surface area contributed by atoms with Crippen LogP contribution in [0.2, 0.25) is 0 Å². The Kier molecular flexibility index (Phi) is 7.36. The molecule has 0 atom stereocenters. The Morgan fingerprint density at radius 2 is 1.62 bits per heavy atom. The van der Waals surface area contributed by atoms with Crippen molar-refractivity contribution in [1.82, 2.24) is 10.2 Å². The van der Waals surface area contributed by atoms with Gasteiger partial charge in [-0.15, -0.1) is 0 Å². The van der Waals surface area contributed by atoms with E-state index in [4.69, 9.17) is 0 Å². The van der Waals surface area contributed by atoms with Gasteiger partial charge in [0.25, 0.3) is 11.8 Å². The molecule has 0 radical (unpaired) electrons. The van der Waals surface area contributed by atoms with Crippen LogP contribution in [-0.2, 0) is 19.2 Å². The van der Waals surface area contributed by atoms with Crippen molar-refractivity contribution < 1.29 is 19.2 Å². The fourth-order valence-corrected chi connectivity index (χ4v) is 2.03. The second kappa shape index (κ2) is 9.05. The summed E-state index contributed by atoms with van der Waals surface area (Å²) in [5.41, 5.74) is 0. The summed E-state index contributed by atoms with van der Waals surface area (Å²) in [5.74, 6) is -0.674. The zero-order valence-electron chi connectivity index (χ0n) is 12.4. The van der Waals surface area contributed by atoms with Gasteiger partial charge in [-0.25, -0.2) is 0 Å². The maximum atomic E-state index is 11.6. The Bertz CT molecular complexity index is 425. The molecular weight excluding hydrogens is 272 g/mol. The highest BCUT2D eigenvalue weighted by Crippen LogP contribution is 2.05. The number of hydrogen-bond donors (Lipinski definition) is 1. The molecule has 3 amide bonds. The lowest BCUT2D eigenvalue weighted by molar-refractivity contribution is -0.137. The van der Waals surface area contributed by atoms with Gasteiger partial charge in [-0.2, -0.15) is 0 Å². The Hall–Kier alpha value is -1.98. The minimum absolute atomic E-state index is 0.120. The number of Topliss-reactive ketones (excluding diaryl/α,β-unsaturated/α-hetero) is 1. The van der Waals surface area contributed by atoms with E-state index in [1.165, 1.54) is 12.2 Å². The smallest absolute Gasteiger partial charge is 0.253 e. The van der Waals surface area contributed by atoms with Gasteiger partial charge in [0.1, 0.15) is 5.78 Å². The first-order chi connectivity index (χ1) is 10.0. The Morgan fingerprint density at radius 3 is 2.24 bits per heavy atom. The summed E-state index contributed by atoms with van der Waals surface area (Å²) < 4.78 is 0. The molecule has 0 aromatic rings. The summed E-state index contributed by atoms with van der Waals surface area (Å²) in [6.07, 6.45) is 6.89. The molecule has 0 aliphatic carbocycles. The average molecular weight is 294 g/mol. The number of nitrogens with zero attached hydrogens (tertiary/aromatic N) is 1. The predicted molar refractivity (Wildman–Crippen MR) is 77.3 cm³/mol. The number of hydrogen-bond acceptors (Lipinski definition) is 4. The highest BCUT2D eigenvalue weighted by molar-refractivity contribution is 6.13. The lowest BCUT2D eigenvalue weighted by Crippen LogP contribution is -2.34. The monoisotopic (exact) mass is 294 g/mol. The van der Waals surface area contributed by atoms with E-state index in [0.717, 1.165) is 30.6 Å². The quantitative estimate of drug-likeness (QED) is 0.480. The van der Waals surface area contributed by atoms with Crippen molar-refractivity contribution in [3.8, 4) is 0 Å². The van der Waals surface area contributed by atoms with E-state index < -0.39 is 0 Å². The van der Waals surface area contributed by atoms with Crippen LogP contribution in [-0.4, -0.2) is 41.5 Å². The average Bonchev–Trinajstić information content (AvgIpc) is 2.74. The number of amides is 3. The molecule has 0 unspecified atom stereocenters. The van der Waals surface area contributed by atoms with Gasteiger partial charge in [-0.1, -0.05) is 12.8 Å². The van der Waals surface area contributed by atoms with Gasteiger partial charge in [-0.05, 0) is 19.8 Å². The minimum Gasteiger partial charge on any atom is -0.356 e. The maximum Gasteiger partial charge on any atom is 0.253 e. The summed E-state index contributed by atoms with van der Waals surface area (Å²) in [6, 6.07) is 0. The van der Waals surface area contributed by atoms with Gasteiger partial charge in [-0.3, -0.25) is 19.3 Å². The summed E-state index contributed by atoms with van der Waals surface area (Å²) in [4.78, 5) is 45.9. The van der Waals surface area contributed by atoms with E-state index in [1.807, 2.05) is 0 Å². The van der Waals surface area contributed by atoms with Crippen LogP contribution in [0, 0.1) is 0 Å². The van der Waals surface area contributed by atoms with Crippen LogP contribution < -0.4 is 5.32 Å². The molecule has 6 nitrogen and oxygen atoms in total. The molecule has 1 N–H and O–H groups in total. The van der Waals surface area contributed by atoms with Crippen molar-refractivity contribution in [1.29, 1.82) is 0 Å². The van der Waals surface area contributed by atoms with Crippen LogP contribution in [0.25, 0.3) is 0 Å². The highest BCUT2D eigenvalue weighted by atomic mass is 16.2. The number of ketones is 1. The molecule has 0 saturated heterocycles. The summed E-state index contributed by atoms with van der Waals surface area (Å²) in [6.45, 7) is 2.29. The second-order valence-corrected chi connectivity index (χ2v) is 5.13. The minimum atomic E-state index is -0.363. The van der Waals surface area contributed by atoms with Gasteiger partial charge in [0.15, 0.2) is 0 Å². The number of unbranched alkanes of at least 4 members (excludes halogenated alkanes) is 3. The molecule has 1 rings (SSSR count). The fraction of sp³-hybridized carbons (Fsp3) is 0.600. The summed E-state index contributed by atoms with van der Waals surface area (Å²) in [7, 11) is 0. The predicted octanol–water partition coefficient (Wildman–Crippen LogP) is 0.957. The Labute approximate surface area is 124 Å². The van der Waals surface area contributed by atoms with Gasteiger partial charge < -0.3 is 10.1 Å². The molecule has 0 bridgehead atoms. The van der Waals surface area contributed by atoms with E-state index in [1.54, 1.807) is 6.92 Å². The van der Waals surface area contributed by atoms with Crippen LogP contribution in [0.15, 0.2) is 12.2 Å². The first kappa shape index (κ1) is 17.1. The highest BCUT2D eigenvalue weighted by Gasteiger charge is 2.23. The lowest BCUT2D eigenvalue weighted by atomic mass is 10.1. The van der Waals surface area contributed by atoms with Crippen molar-refractivity contribution in [2.75, 3.05) is 13.1 Å². The fourth-order valence-electron chi connectivity index (χ4n) is 2.03. The van der Waals surface area contributed by atoms with Crippen LogP contribution in [0.4, 0.5) is 0 Å². The molecule has 0 spiro atoms. The SMILES string of the molecule is CC(=O)CCCCCCNC(=O)CCN1C(=O)C=CC1=O. The second-order valence-electron chi connectivity index (χ2n) is 5.13. The normalized spacial score (nSPS) is 13.9. The van der Waals surface area contributed by atoms with Gasteiger partial charge in [0, 0.05) is 38.1 Å². The molecule has 0 aromatic heterocycles. The maximum absolute atomic E-state index is 11.6. The van der Waals surface area contributed by atoms with Gasteiger partial charge >= 0.3 is 0 Å². The molecule has 0 aromatic carbocycles. The molecular formula is C15H22N2O4. The van der Waals surface area contributed by atoms with E-state index in [0.29, 0.717) is 13.0 Å². The number of carbonyl (C=O) groups excluding carboxylic acids is 4. The van der Waals surface area contributed by atoms with Crippen molar-refractivity contribution >= 4 is 23.5 Å². The van der Waals surface area contributed by atoms with E-state index in [-0.39, 0.29) is 36.5 Å².